The number of rotatable bonds is 8. The van der Waals surface area contributed by atoms with Crippen LogP contribution in [0.4, 0.5) is 0 Å². The van der Waals surface area contributed by atoms with E-state index in [0.717, 1.165) is 22.3 Å². The Morgan fingerprint density at radius 3 is 2.46 bits per heavy atom. The Labute approximate surface area is 272 Å². The van der Waals surface area contributed by atoms with Crippen LogP contribution in [-0.2, 0) is 38.1 Å². The molecule has 46 heavy (non-hydrogen) atoms. The smallest absolute Gasteiger partial charge is 0.334 e. The van der Waals surface area contributed by atoms with Crippen LogP contribution in [0.15, 0.2) is 34.4 Å². The van der Waals surface area contributed by atoms with Crippen LogP contribution in [0.2, 0.25) is 0 Å². The molecule has 0 unspecified atom stereocenters. The summed E-state index contributed by atoms with van der Waals surface area (Å²) < 4.78 is 25.0. The first-order chi connectivity index (χ1) is 21.7. The molecule has 1 N–H and O–H groups in total. The van der Waals surface area contributed by atoms with Crippen LogP contribution < -0.4 is 0 Å². The fourth-order valence-corrected chi connectivity index (χ4v) is 10.7. The summed E-state index contributed by atoms with van der Waals surface area (Å²) in [6.07, 6.45) is 1.93. The second-order valence-electron chi connectivity index (χ2n) is 15.2. The average Bonchev–Trinajstić information content (AvgIpc) is 3.58. The molecule has 2 saturated heterocycles. The van der Waals surface area contributed by atoms with E-state index in [1.54, 1.807) is 0 Å². The molecule has 2 heterocycles. The molecule has 6 rings (SSSR count). The highest BCUT2D eigenvalue weighted by atomic mass is 16.6. The summed E-state index contributed by atoms with van der Waals surface area (Å²) in [6, 6.07) is 0. The molecule has 6 aliphatic rings. The van der Waals surface area contributed by atoms with Crippen molar-refractivity contribution in [1.29, 1.82) is 0 Å². The van der Waals surface area contributed by atoms with E-state index in [1.807, 2.05) is 27.7 Å². The van der Waals surface area contributed by atoms with Crippen molar-refractivity contribution in [3.05, 3.63) is 34.4 Å². The molecule has 9 heteroatoms. The number of ether oxygens (including phenoxy) is 4. The van der Waals surface area contributed by atoms with Crippen LogP contribution in [-0.4, -0.2) is 60.0 Å². The van der Waals surface area contributed by atoms with E-state index >= 15 is 0 Å². The summed E-state index contributed by atoms with van der Waals surface area (Å²) >= 11 is 0. The van der Waals surface area contributed by atoms with Crippen molar-refractivity contribution in [3.8, 4) is 0 Å². The summed E-state index contributed by atoms with van der Waals surface area (Å²) in [6.45, 7) is 17.7. The molecule has 2 aliphatic heterocycles. The number of carbonyl (C=O) groups is 4. The minimum Gasteiger partial charge on any atom is -0.461 e. The molecule has 2 saturated carbocycles. The minimum atomic E-state index is -1.08. The molecular formula is C37H50O9. The van der Waals surface area contributed by atoms with Crippen molar-refractivity contribution in [2.24, 2.45) is 46.3 Å². The van der Waals surface area contributed by atoms with Crippen molar-refractivity contribution in [1.82, 2.24) is 0 Å². The summed E-state index contributed by atoms with van der Waals surface area (Å²) in [5, 5.41) is 9.65. The molecule has 0 aromatic heterocycles. The molecule has 2 bridgehead atoms. The van der Waals surface area contributed by atoms with E-state index in [0.29, 0.717) is 50.5 Å². The maximum atomic E-state index is 14.6. The Hall–Kier alpha value is -2.94. The largest absolute Gasteiger partial charge is 0.461 e. The van der Waals surface area contributed by atoms with Gasteiger partial charge in [0.15, 0.2) is 0 Å². The van der Waals surface area contributed by atoms with Gasteiger partial charge in [0.1, 0.15) is 24.4 Å². The molecule has 252 valence electrons. The van der Waals surface area contributed by atoms with Gasteiger partial charge in [-0.1, -0.05) is 51.0 Å². The summed E-state index contributed by atoms with van der Waals surface area (Å²) in [7, 11) is 0. The molecule has 0 aromatic rings. The first kappa shape index (κ1) is 33.0. The minimum absolute atomic E-state index is 0.0145. The summed E-state index contributed by atoms with van der Waals surface area (Å²) in [5.41, 5.74) is 2.93. The van der Waals surface area contributed by atoms with Gasteiger partial charge in [0.2, 0.25) is 0 Å². The second-order valence-corrected chi connectivity index (χ2v) is 15.2. The maximum absolute atomic E-state index is 14.6. The topological polar surface area (TPSA) is 125 Å². The van der Waals surface area contributed by atoms with Crippen LogP contribution in [0.25, 0.3) is 0 Å². The lowest BCUT2D eigenvalue weighted by molar-refractivity contribution is -0.160. The molecule has 0 radical (unpaired) electrons. The molecule has 2 spiro atoms. The molecule has 12 atom stereocenters. The predicted octanol–water partition coefficient (Wildman–Crippen LogP) is 5.40. The maximum Gasteiger partial charge on any atom is 0.334 e. The Kier molecular flexibility index (Phi) is 8.34. The zero-order chi connectivity index (χ0) is 33.5. The highest BCUT2D eigenvalue weighted by molar-refractivity contribution is 5.91. The lowest BCUT2D eigenvalue weighted by Gasteiger charge is -2.46. The Morgan fingerprint density at radius 2 is 1.80 bits per heavy atom. The number of aliphatic hydroxyl groups is 1. The van der Waals surface area contributed by atoms with Crippen LogP contribution >= 0.6 is 0 Å². The molecule has 4 fully saturated rings. The standard InChI is InChI=1S/C37H50O9/c1-9-17(2)33(40)46-31-28(18(3)11-10-12-38)19(4)13-27-30(31)37(35(42)45-27)16-36-20(5)14-26-24(21(6)34(41)44-26)15-25(36)22(7)29(37)32(36)43-23(8)39/h17-18,20,24,26-27,29-32,38H,6,9-16H2,1-5,7-8H3/t17-,18+,20+,24-,26+,27-,29-,30-,31-,32+,36+,37-/m0/s1. The van der Waals surface area contributed by atoms with E-state index in [-0.39, 0.29) is 54.3 Å². The highest BCUT2D eigenvalue weighted by Crippen LogP contribution is 2.76. The highest BCUT2D eigenvalue weighted by Gasteiger charge is 2.80. The van der Waals surface area contributed by atoms with Gasteiger partial charge in [-0.2, -0.15) is 0 Å². The van der Waals surface area contributed by atoms with Gasteiger partial charge in [0.05, 0.1) is 17.3 Å². The quantitative estimate of drug-likeness (QED) is 0.161. The van der Waals surface area contributed by atoms with Crippen LogP contribution in [0.5, 0.6) is 0 Å². The third-order valence-electron chi connectivity index (χ3n) is 12.9. The first-order valence-corrected chi connectivity index (χ1v) is 17.2. The number of aliphatic hydroxyl groups excluding tert-OH is 1. The third kappa shape index (κ3) is 4.50. The fraction of sp³-hybridized carbons (Fsp3) is 0.730. The number of carbonyl (C=O) groups excluding carboxylic acids is 4. The van der Waals surface area contributed by atoms with Gasteiger partial charge in [0, 0.05) is 42.8 Å². The summed E-state index contributed by atoms with van der Waals surface area (Å²) in [5.74, 6) is -2.86. The van der Waals surface area contributed by atoms with Crippen molar-refractivity contribution in [2.45, 2.75) is 118 Å². The Morgan fingerprint density at radius 1 is 1.09 bits per heavy atom. The van der Waals surface area contributed by atoms with Gasteiger partial charge >= 0.3 is 23.9 Å². The van der Waals surface area contributed by atoms with Crippen molar-refractivity contribution in [2.75, 3.05) is 6.61 Å². The van der Waals surface area contributed by atoms with E-state index in [2.05, 4.69) is 20.4 Å². The number of hydrogen-bond donors (Lipinski definition) is 1. The van der Waals surface area contributed by atoms with Gasteiger partial charge in [-0.15, -0.1) is 0 Å². The normalized spacial score (nSPS) is 40.7. The van der Waals surface area contributed by atoms with Crippen LogP contribution in [0.1, 0.15) is 93.4 Å². The van der Waals surface area contributed by atoms with Crippen molar-refractivity contribution in [3.63, 3.8) is 0 Å². The van der Waals surface area contributed by atoms with E-state index in [1.165, 1.54) is 6.92 Å². The third-order valence-corrected chi connectivity index (χ3v) is 12.9. The monoisotopic (exact) mass is 638 g/mol. The van der Waals surface area contributed by atoms with Gasteiger partial charge in [-0.3, -0.25) is 14.4 Å². The fourth-order valence-electron chi connectivity index (χ4n) is 10.7. The predicted molar refractivity (Wildman–Crippen MR) is 168 cm³/mol. The molecule has 4 aliphatic carbocycles. The van der Waals surface area contributed by atoms with Gasteiger partial charge in [0.25, 0.3) is 0 Å². The van der Waals surface area contributed by atoms with Crippen molar-refractivity contribution < 1.29 is 43.2 Å². The Balaban J connectivity index is 1.52. The van der Waals surface area contributed by atoms with E-state index in [4.69, 9.17) is 18.9 Å². The van der Waals surface area contributed by atoms with Gasteiger partial charge < -0.3 is 24.1 Å². The lowest BCUT2D eigenvalue weighted by atomic mass is 9.55. The lowest BCUT2D eigenvalue weighted by Crippen LogP contribution is -2.51. The van der Waals surface area contributed by atoms with Gasteiger partial charge in [-0.05, 0) is 69.8 Å². The number of fused-ring (bicyclic) bond motifs is 5. The molecule has 0 amide bonds. The van der Waals surface area contributed by atoms with Crippen LogP contribution in [0.3, 0.4) is 0 Å². The average molecular weight is 639 g/mol. The van der Waals surface area contributed by atoms with E-state index in [9.17, 15) is 24.3 Å². The first-order valence-electron chi connectivity index (χ1n) is 17.2. The van der Waals surface area contributed by atoms with Gasteiger partial charge in [-0.25, -0.2) is 4.79 Å². The summed E-state index contributed by atoms with van der Waals surface area (Å²) in [4.78, 5) is 53.6. The second kappa shape index (κ2) is 11.6. The molecular weight excluding hydrogens is 588 g/mol. The number of esters is 4. The van der Waals surface area contributed by atoms with Crippen LogP contribution in [0, 0.1) is 46.3 Å². The Bertz CT molecular complexity index is 1420. The molecule has 0 aromatic carbocycles. The SMILES string of the molecule is C=C1C(=O)O[C@@H]2C[C@@H](C)[C@]34C[C@]5(C(=O)O[C@H]6CC(C)=C([C@H](C)CCCO)[C@H](OC(=O)[C@@H](C)CC)[C@H]65)[C@@H](C(C)=C3C[C@@H]12)[C@H]4OC(C)=O. The number of hydrogen-bond acceptors (Lipinski definition) is 9. The van der Waals surface area contributed by atoms with E-state index < -0.39 is 46.9 Å². The zero-order valence-electron chi connectivity index (χ0n) is 28.4. The molecule has 9 nitrogen and oxygen atoms in total. The zero-order valence-corrected chi connectivity index (χ0v) is 28.4. The van der Waals surface area contributed by atoms with Crippen molar-refractivity contribution >= 4 is 23.9 Å².